The number of likely N-dealkylation sites (N-methyl/N-ethyl adjacent to an activating group) is 1. The summed E-state index contributed by atoms with van der Waals surface area (Å²) in [4.78, 5) is 43.7. The zero-order valence-corrected chi connectivity index (χ0v) is 19.7. The third kappa shape index (κ3) is 4.96. The molecule has 0 unspecified atom stereocenters. The first-order chi connectivity index (χ1) is 14.2. The fourth-order valence-electron chi connectivity index (χ4n) is 4.55. The van der Waals surface area contributed by atoms with Crippen LogP contribution in [-0.2, 0) is 4.79 Å². The summed E-state index contributed by atoms with van der Waals surface area (Å²) in [6.45, 7) is 6.28. The van der Waals surface area contributed by atoms with Crippen LogP contribution < -0.4 is 5.32 Å². The Morgan fingerprint density at radius 1 is 1.13 bits per heavy atom. The third-order valence-electron chi connectivity index (χ3n) is 5.85. The molecule has 0 aromatic heterocycles. The summed E-state index contributed by atoms with van der Waals surface area (Å²) in [6.07, 6.45) is 2.55. The SMILES string of the molecule is C[C@@H]1C[C@H](C)CN(C(=O)c2cc(Br)ccc2NC(=O)N2CCC[C@H]2C(=O)N(C)C)C1. The van der Waals surface area contributed by atoms with E-state index in [4.69, 9.17) is 0 Å². The van der Waals surface area contributed by atoms with Crippen molar-refractivity contribution in [1.82, 2.24) is 14.7 Å². The van der Waals surface area contributed by atoms with Crippen molar-refractivity contribution in [3.63, 3.8) is 0 Å². The summed E-state index contributed by atoms with van der Waals surface area (Å²) in [5.41, 5.74) is 0.940. The normalized spacial score (nSPS) is 24.0. The number of likely N-dealkylation sites (tertiary alicyclic amines) is 2. The highest BCUT2D eigenvalue weighted by Crippen LogP contribution is 2.28. The lowest BCUT2D eigenvalue weighted by molar-refractivity contribution is -0.132. The monoisotopic (exact) mass is 478 g/mol. The van der Waals surface area contributed by atoms with E-state index in [9.17, 15) is 14.4 Å². The predicted octanol–water partition coefficient (Wildman–Crippen LogP) is 3.65. The molecule has 2 heterocycles. The summed E-state index contributed by atoms with van der Waals surface area (Å²) in [7, 11) is 3.39. The van der Waals surface area contributed by atoms with Gasteiger partial charge in [0.25, 0.3) is 5.91 Å². The van der Waals surface area contributed by atoms with E-state index in [0.717, 1.165) is 17.3 Å². The Hall–Kier alpha value is -2.09. The van der Waals surface area contributed by atoms with Gasteiger partial charge in [-0.15, -0.1) is 0 Å². The van der Waals surface area contributed by atoms with Gasteiger partial charge in [-0.05, 0) is 49.3 Å². The van der Waals surface area contributed by atoms with E-state index in [-0.39, 0.29) is 17.8 Å². The van der Waals surface area contributed by atoms with Crippen LogP contribution in [0.3, 0.4) is 0 Å². The van der Waals surface area contributed by atoms with Gasteiger partial charge < -0.3 is 20.0 Å². The Balaban J connectivity index is 1.81. The number of halogens is 1. The van der Waals surface area contributed by atoms with Gasteiger partial charge >= 0.3 is 6.03 Å². The Morgan fingerprint density at radius 3 is 2.43 bits per heavy atom. The van der Waals surface area contributed by atoms with Crippen LogP contribution in [0.2, 0.25) is 0 Å². The molecule has 3 atom stereocenters. The number of hydrogen-bond donors (Lipinski definition) is 1. The average molecular weight is 479 g/mol. The second-order valence-electron chi connectivity index (χ2n) is 8.86. The molecule has 0 aliphatic carbocycles. The van der Waals surface area contributed by atoms with Crippen LogP contribution in [0.15, 0.2) is 22.7 Å². The number of anilines is 1. The zero-order valence-electron chi connectivity index (χ0n) is 18.2. The molecular formula is C22H31BrN4O3. The Morgan fingerprint density at radius 2 is 1.80 bits per heavy atom. The summed E-state index contributed by atoms with van der Waals surface area (Å²) < 4.78 is 0.781. The highest BCUT2D eigenvalue weighted by atomic mass is 79.9. The van der Waals surface area contributed by atoms with Gasteiger partial charge in [0, 0.05) is 38.2 Å². The van der Waals surface area contributed by atoms with Crippen LogP contribution in [0.5, 0.6) is 0 Å². The smallest absolute Gasteiger partial charge is 0.322 e. The minimum atomic E-state index is -0.460. The van der Waals surface area contributed by atoms with Crippen LogP contribution in [-0.4, -0.2) is 72.3 Å². The number of carbonyl (C=O) groups is 3. The lowest BCUT2D eigenvalue weighted by Crippen LogP contribution is -2.47. The van der Waals surface area contributed by atoms with E-state index >= 15 is 0 Å². The molecule has 30 heavy (non-hydrogen) atoms. The van der Waals surface area contributed by atoms with E-state index in [2.05, 4.69) is 35.1 Å². The largest absolute Gasteiger partial charge is 0.347 e. The quantitative estimate of drug-likeness (QED) is 0.720. The van der Waals surface area contributed by atoms with Gasteiger partial charge in [0.15, 0.2) is 0 Å². The number of nitrogens with one attached hydrogen (secondary N) is 1. The van der Waals surface area contributed by atoms with Gasteiger partial charge in [-0.3, -0.25) is 9.59 Å². The molecule has 4 amide bonds. The Kier molecular flexibility index (Phi) is 7.06. The van der Waals surface area contributed by atoms with Gasteiger partial charge in [0.05, 0.1) is 11.3 Å². The predicted molar refractivity (Wildman–Crippen MR) is 120 cm³/mol. The van der Waals surface area contributed by atoms with E-state index in [1.165, 1.54) is 4.90 Å². The number of urea groups is 1. The summed E-state index contributed by atoms with van der Waals surface area (Å²) in [5, 5.41) is 2.89. The topological polar surface area (TPSA) is 73.0 Å². The molecule has 0 bridgehead atoms. The first kappa shape index (κ1) is 22.6. The maximum Gasteiger partial charge on any atom is 0.322 e. The molecule has 2 aliphatic heterocycles. The van der Waals surface area contributed by atoms with Crippen LogP contribution in [0.1, 0.15) is 43.5 Å². The van der Waals surface area contributed by atoms with Crippen LogP contribution >= 0.6 is 15.9 Å². The first-order valence-corrected chi connectivity index (χ1v) is 11.3. The molecule has 0 saturated carbocycles. The third-order valence-corrected chi connectivity index (χ3v) is 6.34. The maximum atomic E-state index is 13.3. The van der Waals surface area contributed by atoms with Gasteiger partial charge in [-0.25, -0.2) is 4.79 Å². The molecule has 2 fully saturated rings. The Bertz CT molecular complexity index is 819. The standard InChI is InChI=1S/C22H31BrN4O3/c1-14-10-15(2)13-26(12-14)20(28)17-11-16(23)7-8-18(17)24-22(30)27-9-5-6-19(27)21(29)25(3)4/h7-8,11,14-15,19H,5-6,9-10,12-13H2,1-4H3,(H,24,30)/t14-,15+,19-/m0/s1. The molecule has 0 radical (unpaired) electrons. The van der Waals surface area contributed by atoms with E-state index < -0.39 is 6.04 Å². The highest BCUT2D eigenvalue weighted by Gasteiger charge is 2.35. The van der Waals surface area contributed by atoms with Crippen molar-refractivity contribution in [2.45, 2.75) is 39.2 Å². The zero-order chi connectivity index (χ0) is 22.0. The lowest BCUT2D eigenvalue weighted by Gasteiger charge is -2.35. The summed E-state index contributed by atoms with van der Waals surface area (Å²) in [5.74, 6) is 0.744. The number of carbonyl (C=O) groups excluding carboxylic acids is 3. The number of amides is 4. The molecule has 8 heteroatoms. The van der Waals surface area contributed by atoms with E-state index in [0.29, 0.717) is 49.1 Å². The first-order valence-electron chi connectivity index (χ1n) is 10.5. The molecule has 164 valence electrons. The summed E-state index contributed by atoms with van der Waals surface area (Å²) in [6, 6.07) is 4.50. The number of rotatable bonds is 3. The molecule has 3 rings (SSSR count). The van der Waals surface area contributed by atoms with Gasteiger partial charge in [-0.1, -0.05) is 29.8 Å². The van der Waals surface area contributed by atoms with Crippen molar-refractivity contribution in [2.24, 2.45) is 11.8 Å². The molecule has 2 saturated heterocycles. The highest BCUT2D eigenvalue weighted by molar-refractivity contribution is 9.10. The number of nitrogens with zero attached hydrogens (tertiary/aromatic N) is 3. The van der Waals surface area contributed by atoms with Crippen molar-refractivity contribution in [3.05, 3.63) is 28.2 Å². The number of piperidine rings is 1. The second-order valence-corrected chi connectivity index (χ2v) is 9.78. The van der Waals surface area contributed by atoms with Gasteiger partial charge in [-0.2, -0.15) is 0 Å². The molecule has 2 aliphatic rings. The van der Waals surface area contributed by atoms with Crippen LogP contribution in [0.25, 0.3) is 0 Å². The van der Waals surface area contributed by atoms with Crippen molar-refractivity contribution >= 4 is 39.5 Å². The van der Waals surface area contributed by atoms with Gasteiger partial charge in [0.1, 0.15) is 6.04 Å². The van der Waals surface area contributed by atoms with Crippen molar-refractivity contribution in [2.75, 3.05) is 39.0 Å². The molecule has 0 spiro atoms. The molecular weight excluding hydrogens is 448 g/mol. The Labute approximate surface area is 186 Å². The van der Waals surface area contributed by atoms with Crippen molar-refractivity contribution in [1.29, 1.82) is 0 Å². The van der Waals surface area contributed by atoms with Crippen LogP contribution in [0.4, 0.5) is 10.5 Å². The molecule has 1 aromatic carbocycles. The molecule has 1 aromatic rings. The average Bonchev–Trinajstić information content (AvgIpc) is 3.17. The molecule has 7 nitrogen and oxygen atoms in total. The van der Waals surface area contributed by atoms with Crippen molar-refractivity contribution < 1.29 is 14.4 Å². The van der Waals surface area contributed by atoms with Crippen molar-refractivity contribution in [3.8, 4) is 0 Å². The second kappa shape index (κ2) is 9.37. The minimum absolute atomic E-state index is 0.0765. The maximum absolute atomic E-state index is 13.3. The number of hydrogen-bond acceptors (Lipinski definition) is 3. The van der Waals surface area contributed by atoms with E-state index in [1.54, 1.807) is 37.2 Å². The fourth-order valence-corrected chi connectivity index (χ4v) is 4.91. The van der Waals surface area contributed by atoms with Crippen LogP contribution in [0, 0.1) is 11.8 Å². The summed E-state index contributed by atoms with van der Waals surface area (Å²) >= 11 is 3.45. The van der Waals surface area contributed by atoms with E-state index in [1.807, 2.05) is 4.90 Å². The fraction of sp³-hybridized carbons (Fsp3) is 0.591. The minimum Gasteiger partial charge on any atom is -0.347 e. The lowest BCUT2D eigenvalue weighted by atomic mass is 9.91. The molecule has 1 N–H and O–H groups in total. The van der Waals surface area contributed by atoms with Gasteiger partial charge in [0.2, 0.25) is 5.91 Å². The number of benzene rings is 1.